The molecular formula is C11H10N2O5. The van der Waals surface area contributed by atoms with Gasteiger partial charge in [-0.05, 0) is 6.42 Å². The number of anilines is 1. The van der Waals surface area contributed by atoms with Gasteiger partial charge in [0.2, 0.25) is 12.7 Å². The van der Waals surface area contributed by atoms with Gasteiger partial charge in [0, 0.05) is 19.0 Å². The van der Waals surface area contributed by atoms with E-state index in [0.29, 0.717) is 30.9 Å². The summed E-state index contributed by atoms with van der Waals surface area (Å²) in [6.45, 7) is 0.545. The Morgan fingerprint density at radius 3 is 2.61 bits per heavy atom. The van der Waals surface area contributed by atoms with Gasteiger partial charge in [0.15, 0.2) is 11.5 Å². The average Bonchev–Trinajstić information content (AvgIpc) is 2.94. The minimum Gasteiger partial charge on any atom is -0.454 e. The Balaban J connectivity index is 2.11. The summed E-state index contributed by atoms with van der Waals surface area (Å²) in [5.41, 5.74) is 0.154. The first kappa shape index (κ1) is 10.8. The molecule has 2 aliphatic heterocycles. The summed E-state index contributed by atoms with van der Waals surface area (Å²) in [6, 6.07) is 2.81. The maximum atomic E-state index is 11.7. The van der Waals surface area contributed by atoms with E-state index in [-0.39, 0.29) is 24.1 Å². The molecule has 2 heterocycles. The number of ether oxygens (including phenoxy) is 2. The van der Waals surface area contributed by atoms with Crippen LogP contribution in [0.25, 0.3) is 0 Å². The van der Waals surface area contributed by atoms with Gasteiger partial charge in [-0.1, -0.05) is 0 Å². The normalized spacial score (nSPS) is 17.3. The lowest BCUT2D eigenvalue weighted by atomic mass is 10.2. The minimum atomic E-state index is -0.511. The fourth-order valence-electron chi connectivity index (χ4n) is 2.19. The molecule has 0 spiro atoms. The number of nitro groups is 1. The number of benzene rings is 1. The molecule has 94 valence electrons. The van der Waals surface area contributed by atoms with E-state index in [1.807, 2.05) is 0 Å². The van der Waals surface area contributed by atoms with Crippen molar-refractivity contribution < 1.29 is 19.2 Å². The molecule has 1 aromatic rings. The third-order valence-electron chi connectivity index (χ3n) is 3.03. The number of carbonyl (C=O) groups is 1. The fraction of sp³-hybridized carbons (Fsp3) is 0.364. The summed E-state index contributed by atoms with van der Waals surface area (Å²) in [5, 5.41) is 11.1. The average molecular weight is 250 g/mol. The molecule has 7 heteroatoms. The Labute approximate surface area is 102 Å². The lowest BCUT2D eigenvalue weighted by molar-refractivity contribution is -0.384. The van der Waals surface area contributed by atoms with Crippen LogP contribution in [0, 0.1) is 10.1 Å². The van der Waals surface area contributed by atoms with Crippen molar-refractivity contribution in [2.45, 2.75) is 12.8 Å². The molecule has 3 rings (SSSR count). The minimum absolute atomic E-state index is 0.0455. The van der Waals surface area contributed by atoms with Crippen molar-refractivity contribution in [3.8, 4) is 11.5 Å². The number of rotatable bonds is 2. The van der Waals surface area contributed by atoms with Crippen molar-refractivity contribution in [2.75, 3.05) is 18.2 Å². The van der Waals surface area contributed by atoms with Crippen LogP contribution in [-0.4, -0.2) is 24.2 Å². The molecule has 0 aromatic heterocycles. The van der Waals surface area contributed by atoms with Crippen LogP contribution in [0.4, 0.5) is 11.4 Å². The van der Waals surface area contributed by atoms with Crippen molar-refractivity contribution in [1.29, 1.82) is 0 Å². The highest BCUT2D eigenvalue weighted by Gasteiger charge is 2.31. The van der Waals surface area contributed by atoms with Crippen LogP contribution in [0.1, 0.15) is 12.8 Å². The van der Waals surface area contributed by atoms with E-state index in [2.05, 4.69) is 0 Å². The molecule has 0 atom stereocenters. The summed E-state index contributed by atoms with van der Waals surface area (Å²) in [7, 11) is 0. The maximum Gasteiger partial charge on any atom is 0.296 e. The second-order valence-electron chi connectivity index (χ2n) is 4.10. The molecule has 1 saturated heterocycles. The van der Waals surface area contributed by atoms with Crippen LogP contribution in [-0.2, 0) is 4.79 Å². The Hall–Kier alpha value is -2.31. The molecule has 1 aromatic carbocycles. The Morgan fingerprint density at radius 2 is 2.00 bits per heavy atom. The van der Waals surface area contributed by atoms with Crippen LogP contribution in [0.5, 0.6) is 11.5 Å². The van der Waals surface area contributed by atoms with Crippen LogP contribution in [0.3, 0.4) is 0 Å². The van der Waals surface area contributed by atoms with E-state index in [0.717, 1.165) is 0 Å². The summed E-state index contributed by atoms with van der Waals surface area (Å²) < 4.78 is 10.3. The smallest absolute Gasteiger partial charge is 0.296 e. The number of amides is 1. The second kappa shape index (κ2) is 3.86. The first-order valence-corrected chi connectivity index (χ1v) is 5.55. The summed E-state index contributed by atoms with van der Waals surface area (Å²) in [6.07, 6.45) is 1.13. The van der Waals surface area contributed by atoms with Crippen molar-refractivity contribution in [2.24, 2.45) is 0 Å². The van der Waals surface area contributed by atoms with Crippen LogP contribution in [0.15, 0.2) is 12.1 Å². The molecule has 1 amide bonds. The molecule has 0 radical (unpaired) electrons. The van der Waals surface area contributed by atoms with E-state index in [1.54, 1.807) is 0 Å². The van der Waals surface area contributed by atoms with Gasteiger partial charge in [-0.25, -0.2) is 0 Å². The highest BCUT2D eigenvalue weighted by molar-refractivity contribution is 5.98. The van der Waals surface area contributed by atoms with E-state index >= 15 is 0 Å². The van der Waals surface area contributed by atoms with Gasteiger partial charge in [0.05, 0.1) is 11.0 Å². The van der Waals surface area contributed by atoms with Gasteiger partial charge in [-0.15, -0.1) is 0 Å². The van der Waals surface area contributed by atoms with Crippen molar-refractivity contribution >= 4 is 17.3 Å². The highest BCUT2D eigenvalue weighted by atomic mass is 16.7. The molecular weight excluding hydrogens is 240 g/mol. The topological polar surface area (TPSA) is 81.9 Å². The Morgan fingerprint density at radius 1 is 1.28 bits per heavy atom. The van der Waals surface area contributed by atoms with Gasteiger partial charge in [-0.2, -0.15) is 0 Å². The van der Waals surface area contributed by atoms with Gasteiger partial charge in [-0.3, -0.25) is 14.9 Å². The lowest BCUT2D eigenvalue weighted by Gasteiger charge is -2.15. The molecule has 2 aliphatic rings. The number of hydrogen-bond acceptors (Lipinski definition) is 5. The number of hydrogen-bond donors (Lipinski definition) is 0. The zero-order valence-electron chi connectivity index (χ0n) is 9.42. The quantitative estimate of drug-likeness (QED) is 0.586. The zero-order valence-corrected chi connectivity index (χ0v) is 9.42. The molecule has 0 unspecified atom stereocenters. The molecule has 0 N–H and O–H groups in total. The number of nitrogens with zero attached hydrogens (tertiary/aromatic N) is 2. The summed E-state index contributed by atoms with van der Waals surface area (Å²) in [4.78, 5) is 23.7. The van der Waals surface area contributed by atoms with Crippen LogP contribution >= 0.6 is 0 Å². The van der Waals surface area contributed by atoms with Crippen molar-refractivity contribution in [3.63, 3.8) is 0 Å². The summed E-state index contributed by atoms with van der Waals surface area (Å²) >= 11 is 0. The van der Waals surface area contributed by atoms with Crippen LogP contribution < -0.4 is 14.4 Å². The zero-order chi connectivity index (χ0) is 12.7. The van der Waals surface area contributed by atoms with E-state index in [9.17, 15) is 14.9 Å². The third-order valence-corrected chi connectivity index (χ3v) is 3.03. The monoisotopic (exact) mass is 250 g/mol. The fourth-order valence-corrected chi connectivity index (χ4v) is 2.19. The first-order valence-electron chi connectivity index (χ1n) is 5.55. The molecule has 0 bridgehead atoms. The molecule has 0 saturated carbocycles. The lowest BCUT2D eigenvalue weighted by Crippen LogP contribution is -2.24. The van der Waals surface area contributed by atoms with E-state index in [4.69, 9.17) is 9.47 Å². The predicted molar refractivity (Wildman–Crippen MR) is 60.8 cm³/mol. The Bertz CT molecular complexity index is 542. The maximum absolute atomic E-state index is 11.7. The third kappa shape index (κ3) is 1.55. The Kier molecular flexibility index (Phi) is 2.32. The van der Waals surface area contributed by atoms with Crippen molar-refractivity contribution in [3.05, 3.63) is 22.2 Å². The van der Waals surface area contributed by atoms with E-state index in [1.165, 1.54) is 17.0 Å². The van der Waals surface area contributed by atoms with Gasteiger partial charge >= 0.3 is 0 Å². The first-order chi connectivity index (χ1) is 8.66. The number of carbonyl (C=O) groups excluding carboxylic acids is 1. The van der Waals surface area contributed by atoms with Gasteiger partial charge < -0.3 is 14.4 Å². The predicted octanol–water partition coefficient (Wildman–Crippen LogP) is 1.45. The summed E-state index contributed by atoms with van der Waals surface area (Å²) in [5.74, 6) is 0.685. The highest BCUT2D eigenvalue weighted by Crippen LogP contribution is 2.43. The van der Waals surface area contributed by atoms with Gasteiger partial charge in [0.1, 0.15) is 5.69 Å². The molecule has 7 nitrogen and oxygen atoms in total. The standard InChI is InChI=1S/C11H10N2O5/c14-11-2-1-3-12(11)7-4-9-10(18-6-17-9)5-8(7)13(15)16/h4-5H,1-3,6H2. The largest absolute Gasteiger partial charge is 0.454 e. The van der Waals surface area contributed by atoms with Crippen LogP contribution in [0.2, 0.25) is 0 Å². The van der Waals surface area contributed by atoms with Gasteiger partial charge in [0.25, 0.3) is 5.69 Å². The molecule has 18 heavy (non-hydrogen) atoms. The number of fused-ring (bicyclic) bond motifs is 1. The second-order valence-corrected chi connectivity index (χ2v) is 4.10. The van der Waals surface area contributed by atoms with E-state index < -0.39 is 4.92 Å². The molecule has 1 fully saturated rings. The SMILES string of the molecule is O=C1CCCN1c1cc2c(cc1[N+](=O)[O-])OCO2. The molecule has 0 aliphatic carbocycles. The van der Waals surface area contributed by atoms with Crippen molar-refractivity contribution in [1.82, 2.24) is 0 Å². The number of nitro benzene ring substituents is 1.